The molecule has 0 fully saturated rings. The number of benzene rings is 1. The van der Waals surface area contributed by atoms with E-state index in [1.54, 1.807) is 6.07 Å². The van der Waals surface area contributed by atoms with Gasteiger partial charge in [-0.3, -0.25) is 0 Å². The SMILES string of the molecule is CCC(CC)(CS)COc1ccc(F)cc1Br. The molecule has 0 aliphatic carbocycles. The van der Waals surface area contributed by atoms with Crippen LogP contribution in [0.3, 0.4) is 0 Å². The van der Waals surface area contributed by atoms with Gasteiger partial charge in [0.2, 0.25) is 0 Å². The van der Waals surface area contributed by atoms with Gasteiger partial charge in [-0.1, -0.05) is 13.8 Å². The molecule has 96 valence electrons. The molecule has 1 aromatic rings. The molecule has 17 heavy (non-hydrogen) atoms. The Morgan fingerprint density at radius 2 is 2.00 bits per heavy atom. The van der Waals surface area contributed by atoms with Crippen LogP contribution >= 0.6 is 28.6 Å². The summed E-state index contributed by atoms with van der Waals surface area (Å²) in [5.74, 6) is 1.20. The highest BCUT2D eigenvalue weighted by atomic mass is 79.9. The molecule has 0 bridgehead atoms. The van der Waals surface area contributed by atoms with Crippen LogP contribution in [0.2, 0.25) is 0 Å². The van der Waals surface area contributed by atoms with Crippen molar-refractivity contribution in [1.29, 1.82) is 0 Å². The van der Waals surface area contributed by atoms with Crippen molar-refractivity contribution in [2.45, 2.75) is 26.7 Å². The van der Waals surface area contributed by atoms with Crippen molar-refractivity contribution in [1.82, 2.24) is 0 Å². The lowest BCUT2D eigenvalue weighted by molar-refractivity contribution is 0.156. The minimum absolute atomic E-state index is 0.0942. The average Bonchev–Trinajstić information content (AvgIpc) is 2.33. The second kappa shape index (κ2) is 6.64. The topological polar surface area (TPSA) is 9.23 Å². The summed E-state index contributed by atoms with van der Waals surface area (Å²) in [5, 5.41) is 0. The van der Waals surface area contributed by atoms with E-state index in [0.29, 0.717) is 16.8 Å². The third kappa shape index (κ3) is 3.88. The largest absolute Gasteiger partial charge is 0.492 e. The second-order valence-corrected chi connectivity index (χ2v) is 5.40. The molecule has 0 radical (unpaired) electrons. The smallest absolute Gasteiger partial charge is 0.133 e. The molecular formula is C13H18BrFOS. The van der Waals surface area contributed by atoms with Crippen LogP contribution in [0.4, 0.5) is 4.39 Å². The first-order valence-electron chi connectivity index (χ1n) is 5.75. The second-order valence-electron chi connectivity index (χ2n) is 4.23. The van der Waals surface area contributed by atoms with Crippen molar-refractivity contribution in [2.24, 2.45) is 5.41 Å². The number of hydrogen-bond donors (Lipinski definition) is 1. The fraction of sp³-hybridized carbons (Fsp3) is 0.538. The predicted octanol–water partition coefficient (Wildman–Crippen LogP) is 4.70. The molecule has 0 saturated carbocycles. The number of rotatable bonds is 6. The van der Waals surface area contributed by atoms with Crippen molar-refractivity contribution in [2.75, 3.05) is 12.4 Å². The van der Waals surface area contributed by atoms with Crippen LogP contribution < -0.4 is 4.74 Å². The number of thiol groups is 1. The van der Waals surface area contributed by atoms with E-state index in [1.165, 1.54) is 12.1 Å². The lowest BCUT2D eigenvalue weighted by Gasteiger charge is -2.29. The molecule has 4 heteroatoms. The van der Waals surface area contributed by atoms with Gasteiger partial charge in [0.15, 0.2) is 0 Å². The fourth-order valence-corrected chi connectivity index (χ4v) is 2.55. The van der Waals surface area contributed by atoms with Crippen molar-refractivity contribution in [3.05, 3.63) is 28.5 Å². The molecule has 0 aliphatic rings. The first-order valence-corrected chi connectivity index (χ1v) is 7.18. The summed E-state index contributed by atoms with van der Waals surface area (Å²) in [6.07, 6.45) is 2.04. The van der Waals surface area contributed by atoms with Crippen LogP contribution in [0.1, 0.15) is 26.7 Å². The fourth-order valence-electron chi connectivity index (χ4n) is 1.55. The van der Waals surface area contributed by atoms with Crippen molar-refractivity contribution in [3.63, 3.8) is 0 Å². The molecule has 0 atom stereocenters. The van der Waals surface area contributed by atoms with E-state index in [9.17, 15) is 4.39 Å². The quantitative estimate of drug-likeness (QED) is 0.747. The van der Waals surface area contributed by atoms with Crippen LogP contribution in [0.15, 0.2) is 22.7 Å². The van der Waals surface area contributed by atoms with Gasteiger partial charge < -0.3 is 4.74 Å². The van der Waals surface area contributed by atoms with Gasteiger partial charge in [0.05, 0.1) is 11.1 Å². The zero-order valence-electron chi connectivity index (χ0n) is 10.2. The van der Waals surface area contributed by atoms with Gasteiger partial charge in [-0.05, 0) is 52.7 Å². The molecule has 1 rings (SSSR count). The Kier molecular flexibility index (Phi) is 5.80. The van der Waals surface area contributed by atoms with Crippen LogP contribution in [-0.2, 0) is 0 Å². The Morgan fingerprint density at radius 1 is 1.35 bits per heavy atom. The summed E-state index contributed by atoms with van der Waals surface area (Å²) in [4.78, 5) is 0. The van der Waals surface area contributed by atoms with E-state index in [0.717, 1.165) is 18.6 Å². The van der Waals surface area contributed by atoms with Crippen molar-refractivity contribution < 1.29 is 9.13 Å². The highest BCUT2D eigenvalue weighted by Gasteiger charge is 2.25. The maximum Gasteiger partial charge on any atom is 0.133 e. The van der Waals surface area contributed by atoms with E-state index in [4.69, 9.17) is 4.74 Å². The third-order valence-electron chi connectivity index (χ3n) is 3.26. The number of halogens is 2. The molecule has 0 amide bonds. The summed E-state index contributed by atoms with van der Waals surface area (Å²) < 4.78 is 19.3. The first-order chi connectivity index (χ1) is 8.06. The molecule has 0 heterocycles. The summed E-state index contributed by atoms with van der Waals surface area (Å²) in [5.41, 5.74) is 0.0942. The van der Waals surface area contributed by atoms with Gasteiger partial charge >= 0.3 is 0 Å². The van der Waals surface area contributed by atoms with Crippen LogP contribution in [0.25, 0.3) is 0 Å². The van der Waals surface area contributed by atoms with Gasteiger partial charge in [0.1, 0.15) is 11.6 Å². The highest BCUT2D eigenvalue weighted by Crippen LogP contribution is 2.31. The number of hydrogen-bond acceptors (Lipinski definition) is 2. The predicted molar refractivity (Wildman–Crippen MR) is 76.5 cm³/mol. The molecule has 0 unspecified atom stereocenters. The molecule has 0 aliphatic heterocycles. The van der Waals surface area contributed by atoms with Gasteiger partial charge in [-0.25, -0.2) is 4.39 Å². The maximum absolute atomic E-state index is 12.9. The molecule has 1 nitrogen and oxygen atoms in total. The van der Waals surface area contributed by atoms with Gasteiger partial charge in [-0.2, -0.15) is 12.6 Å². The van der Waals surface area contributed by atoms with Crippen LogP contribution in [0, 0.1) is 11.2 Å². The zero-order valence-corrected chi connectivity index (χ0v) is 12.7. The molecule has 0 spiro atoms. The Labute approximate surface area is 116 Å². The Balaban J connectivity index is 2.72. The maximum atomic E-state index is 12.9. The van der Waals surface area contributed by atoms with Crippen LogP contribution in [-0.4, -0.2) is 12.4 Å². The van der Waals surface area contributed by atoms with E-state index in [-0.39, 0.29) is 11.2 Å². The summed E-state index contributed by atoms with van der Waals surface area (Å²) in [6.45, 7) is 4.89. The van der Waals surface area contributed by atoms with E-state index in [1.807, 2.05) is 0 Å². The molecule has 0 aromatic heterocycles. The third-order valence-corrected chi connectivity index (χ3v) is 4.55. The highest BCUT2D eigenvalue weighted by molar-refractivity contribution is 9.10. The van der Waals surface area contributed by atoms with E-state index in [2.05, 4.69) is 42.4 Å². The van der Waals surface area contributed by atoms with Gasteiger partial charge in [0.25, 0.3) is 0 Å². The molecular weight excluding hydrogens is 303 g/mol. The number of ether oxygens (including phenoxy) is 1. The van der Waals surface area contributed by atoms with E-state index < -0.39 is 0 Å². The Morgan fingerprint density at radius 3 is 2.47 bits per heavy atom. The molecule has 0 saturated heterocycles. The normalized spacial score (nSPS) is 11.6. The van der Waals surface area contributed by atoms with Crippen molar-refractivity contribution >= 4 is 28.6 Å². The minimum atomic E-state index is -0.268. The minimum Gasteiger partial charge on any atom is -0.492 e. The molecule has 0 N–H and O–H groups in total. The lowest BCUT2D eigenvalue weighted by atomic mass is 9.85. The summed E-state index contributed by atoms with van der Waals surface area (Å²) in [6, 6.07) is 4.46. The Hall–Kier alpha value is -0.220. The van der Waals surface area contributed by atoms with Gasteiger partial charge in [0, 0.05) is 5.41 Å². The monoisotopic (exact) mass is 320 g/mol. The van der Waals surface area contributed by atoms with E-state index >= 15 is 0 Å². The lowest BCUT2D eigenvalue weighted by Crippen LogP contribution is -2.29. The standard InChI is InChI=1S/C13H18BrFOS/c1-3-13(4-2,9-17)8-16-12-6-5-10(15)7-11(12)14/h5-7,17H,3-4,8-9H2,1-2H3. The summed E-state index contributed by atoms with van der Waals surface area (Å²) in [7, 11) is 0. The van der Waals surface area contributed by atoms with Crippen LogP contribution in [0.5, 0.6) is 5.75 Å². The average molecular weight is 321 g/mol. The van der Waals surface area contributed by atoms with Crippen molar-refractivity contribution in [3.8, 4) is 5.75 Å². The summed E-state index contributed by atoms with van der Waals surface area (Å²) >= 11 is 7.69. The molecule has 1 aromatic carbocycles. The first kappa shape index (κ1) is 14.8. The zero-order chi connectivity index (χ0) is 12.9. The Bertz CT molecular complexity index is 358. The van der Waals surface area contributed by atoms with Gasteiger partial charge in [-0.15, -0.1) is 0 Å².